The standard InChI is InChI=1S/C12H23N3O2/c1-17-10-9-14-5-7-15(8-6-14)12(16)11-3-2-4-13-11/h11,13H,2-10H2,1H3. The van der Waals surface area contributed by atoms with Crippen molar-refractivity contribution in [3.8, 4) is 0 Å². The first-order valence-corrected chi connectivity index (χ1v) is 6.54. The van der Waals surface area contributed by atoms with Gasteiger partial charge in [-0.1, -0.05) is 0 Å². The van der Waals surface area contributed by atoms with Crippen molar-refractivity contribution in [2.75, 3.05) is 53.0 Å². The predicted molar refractivity (Wildman–Crippen MR) is 65.9 cm³/mol. The SMILES string of the molecule is COCCN1CCN(C(=O)C2CCCN2)CC1. The molecule has 17 heavy (non-hydrogen) atoms. The molecule has 2 saturated heterocycles. The summed E-state index contributed by atoms with van der Waals surface area (Å²) in [6, 6.07) is 0.0838. The van der Waals surface area contributed by atoms with E-state index in [0.717, 1.165) is 58.7 Å². The highest BCUT2D eigenvalue weighted by molar-refractivity contribution is 5.82. The molecule has 0 spiro atoms. The molecule has 0 saturated carbocycles. The zero-order valence-corrected chi connectivity index (χ0v) is 10.7. The monoisotopic (exact) mass is 241 g/mol. The van der Waals surface area contributed by atoms with Crippen molar-refractivity contribution >= 4 is 5.91 Å². The summed E-state index contributed by atoms with van der Waals surface area (Å²) in [5.41, 5.74) is 0. The molecule has 1 N–H and O–H groups in total. The van der Waals surface area contributed by atoms with E-state index in [1.807, 2.05) is 4.90 Å². The maximum Gasteiger partial charge on any atom is 0.239 e. The zero-order chi connectivity index (χ0) is 12.1. The van der Waals surface area contributed by atoms with E-state index in [0.29, 0.717) is 5.91 Å². The lowest BCUT2D eigenvalue weighted by atomic mass is 10.2. The van der Waals surface area contributed by atoms with Gasteiger partial charge in [-0.15, -0.1) is 0 Å². The molecule has 98 valence electrons. The van der Waals surface area contributed by atoms with Crippen LogP contribution < -0.4 is 5.32 Å². The number of methoxy groups -OCH3 is 1. The van der Waals surface area contributed by atoms with Crippen LogP contribution in [0.5, 0.6) is 0 Å². The summed E-state index contributed by atoms with van der Waals surface area (Å²) in [6.07, 6.45) is 2.13. The number of hydrogen-bond donors (Lipinski definition) is 1. The summed E-state index contributed by atoms with van der Waals surface area (Å²) >= 11 is 0. The van der Waals surface area contributed by atoms with Crippen LogP contribution in [0.25, 0.3) is 0 Å². The molecule has 1 unspecified atom stereocenters. The van der Waals surface area contributed by atoms with Gasteiger partial charge in [-0.05, 0) is 19.4 Å². The number of rotatable bonds is 4. The van der Waals surface area contributed by atoms with Gasteiger partial charge in [0.1, 0.15) is 0 Å². The molecule has 5 nitrogen and oxygen atoms in total. The molecular weight excluding hydrogens is 218 g/mol. The molecule has 5 heteroatoms. The quantitative estimate of drug-likeness (QED) is 0.723. The maximum absolute atomic E-state index is 12.1. The van der Waals surface area contributed by atoms with E-state index in [2.05, 4.69) is 10.2 Å². The molecule has 0 aromatic heterocycles. The van der Waals surface area contributed by atoms with Crippen molar-refractivity contribution in [2.24, 2.45) is 0 Å². The first-order valence-electron chi connectivity index (χ1n) is 6.54. The molecule has 2 fully saturated rings. The van der Waals surface area contributed by atoms with E-state index < -0.39 is 0 Å². The van der Waals surface area contributed by atoms with Crippen LogP contribution in [-0.2, 0) is 9.53 Å². The summed E-state index contributed by atoms with van der Waals surface area (Å²) in [6.45, 7) is 6.41. The summed E-state index contributed by atoms with van der Waals surface area (Å²) in [5, 5.41) is 3.27. The summed E-state index contributed by atoms with van der Waals surface area (Å²) in [7, 11) is 1.73. The Labute approximate surface area is 103 Å². The first kappa shape index (κ1) is 12.8. The second-order valence-corrected chi connectivity index (χ2v) is 4.81. The number of nitrogens with one attached hydrogen (secondary N) is 1. The number of nitrogens with zero attached hydrogens (tertiary/aromatic N) is 2. The number of piperazine rings is 1. The third-order valence-corrected chi connectivity index (χ3v) is 3.65. The first-order chi connectivity index (χ1) is 8.31. The second-order valence-electron chi connectivity index (χ2n) is 4.81. The molecule has 1 atom stereocenters. The lowest BCUT2D eigenvalue weighted by molar-refractivity contribution is -0.134. The van der Waals surface area contributed by atoms with E-state index >= 15 is 0 Å². The van der Waals surface area contributed by atoms with E-state index in [1.54, 1.807) is 7.11 Å². The summed E-state index contributed by atoms with van der Waals surface area (Å²) in [5.74, 6) is 0.300. The minimum Gasteiger partial charge on any atom is -0.383 e. The van der Waals surface area contributed by atoms with Crippen molar-refractivity contribution in [1.82, 2.24) is 15.1 Å². The highest BCUT2D eigenvalue weighted by Gasteiger charge is 2.28. The van der Waals surface area contributed by atoms with Gasteiger partial charge >= 0.3 is 0 Å². The van der Waals surface area contributed by atoms with Gasteiger partial charge in [-0.25, -0.2) is 0 Å². The second kappa shape index (κ2) is 6.33. The van der Waals surface area contributed by atoms with E-state index in [-0.39, 0.29) is 6.04 Å². The Morgan fingerprint density at radius 1 is 1.35 bits per heavy atom. The van der Waals surface area contributed by atoms with Crippen LogP contribution in [0.15, 0.2) is 0 Å². The van der Waals surface area contributed by atoms with Crippen LogP contribution >= 0.6 is 0 Å². The Hall–Kier alpha value is -0.650. The molecule has 2 rings (SSSR count). The Bertz CT molecular complexity index is 246. The number of hydrogen-bond acceptors (Lipinski definition) is 4. The van der Waals surface area contributed by atoms with Gasteiger partial charge < -0.3 is 15.0 Å². The largest absolute Gasteiger partial charge is 0.383 e. The molecule has 0 bridgehead atoms. The van der Waals surface area contributed by atoms with Gasteiger partial charge in [-0.2, -0.15) is 0 Å². The van der Waals surface area contributed by atoms with Crippen molar-refractivity contribution in [3.05, 3.63) is 0 Å². The Kier molecular flexibility index (Phi) is 4.76. The molecule has 0 radical (unpaired) electrons. The molecule has 0 aromatic carbocycles. The number of carbonyl (C=O) groups excluding carboxylic acids is 1. The molecule has 2 aliphatic heterocycles. The minimum atomic E-state index is 0.0838. The number of amides is 1. The Morgan fingerprint density at radius 3 is 2.71 bits per heavy atom. The molecule has 0 aliphatic carbocycles. The third-order valence-electron chi connectivity index (χ3n) is 3.65. The zero-order valence-electron chi connectivity index (χ0n) is 10.7. The predicted octanol–water partition coefficient (Wildman–Crippen LogP) is -0.471. The summed E-state index contributed by atoms with van der Waals surface area (Å²) < 4.78 is 5.07. The Morgan fingerprint density at radius 2 is 2.12 bits per heavy atom. The van der Waals surface area contributed by atoms with Crippen LogP contribution in [0.2, 0.25) is 0 Å². The summed E-state index contributed by atoms with van der Waals surface area (Å²) in [4.78, 5) is 16.5. The highest BCUT2D eigenvalue weighted by Crippen LogP contribution is 2.10. The Balaban J connectivity index is 1.72. The molecule has 1 amide bonds. The van der Waals surface area contributed by atoms with Crippen molar-refractivity contribution < 1.29 is 9.53 Å². The van der Waals surface area contributed by atoms with Gasteiger partial charge in [0.25, 0.3) is 0 Å². The fraction of sp³-hybridized carbons (Fsp3) is 0.917. The minimum absolute atomic E-state index is 0.0838. The number of ether oxygens (including phenoxy) is 1. The third kappa shape index (κ3) is 3.40. The van der Waals surface area contributed by atoms with Gasteiger partial charge in [0.15, 0.2) is 0 Å². The maximum atomic E-state index is 12.1. The van der Waals surface area contributed by atoms with Gasteiger partial charge in [0.2, 0.25) is 5.91 Å². The van der Waals surface area contributed by atoms with Crippen LogP contribution in [0.3, 0.4) is 0 Å². The average molecular weight is 241 g/mol. The molecular formula is C12H23N3O2. The normalized spacial score (nSPS) is 26.4. The lowest BCUT2D eigenvalue weighted by Crippen LogP contribution is -2.53. The number of carbonyl (C=O) groups is 1. The van der Waals surface area contributed by atoms with Crippen molar-refractivity contribution in [1.29, 1.82) is 0 Å². The highest BCUT2D eigenvalue weighted by atomic mass is 16.5. The average Bonchev–Trinajstić information content (AvgIpc) is 2.90. The molecule has 2 heterocycles. The molecule has 0 aromatic rings. The van der Waals surface area contributed by atoms with E-state index in [9.17, 15) is 4.79 Å². The van der Waals surface area contributed by atoms with Crippen molar-refractivity contribution in [3.63, 3.8) is 0 Å². The van der Waals surface area contributed by atoms with Crippen LogP contribution in [0.1, 0.15) is 12.8 Å². The van der Waals surface area contributed by atoms with Crippen LogP contribution in [0, 0.1) is 0 Å². The van der Waals surface area contributed by atoms with Crippen molar-refractivity contribution in [2.45, 2.75) is 18.9 Å². The smallest absolute Gasteiger partial charge is 0.239 e. The lowest BCUT2D eigenvalue weighted by Gasteiger charge is -2.35. The molecule has 2 aliphatic rings. The van der Waals surface area contributed by atoms with Gasteiger partial charge in [-0.3, -0.25) is 9.69 Å². The van der Waals surface area contributed by atoms with Crippen LogP contribution in [-0.4, -0.2) is 74.7 Å². The topological polar surface area (TPSA) is 44.8 Å². The van der Waals surface area contributed by atoms with Gasteiger partial charge in [0, 0.05) is 39.8 Å². The van der Waals surface area contributed by atoms with Gasteiger partial charge in [0.05, 0.1) is 12.6 Å². The fourth-order valence-electron chi connectivity index (χ4n) is 2.53. The van der Waals surface area contributed by atoms with E-state index in [1.165, 1.54) is 0 Å². The fourth-order valence-corrected chi connectivity index (χ4v) is 2.53. The van der Waals surface area contributed by atoms with Crippen LogP contribution in [0.4, 0.5) is 0 Å². The van der Waals surface area contributed by atoms with E-state index in [4.69, 9.17) is 4.74 Å².